The van der Waals surface area contributed by atoms with Crippen molar-refractivity contribution < 1.29 is 0 Å². The van der Waals surface area contributed by atoms with E-state index >= 15 is 0 Å². The topological polar surface area (TPSA) is 29.3 Å². The van der Waals surface area contributed by atoms with Crippen LogP contribution in [0, 0.1) is 13.8 Å². The predicted molar refractivity (Wildman–Crippen MR) is 87.3 cm³/mol. The van der Waals surface area contributed by atoms with Crippen LogP contribution >= 0.6 is 0 Å². The van der Waals surface area contributed by atoms with Gasteiger partial charge >= 0.3 is 0 Å². The van der Waals surface area contributed by atoms with Crippen molar-refractivity contribution in [3.8, 4) is 0 Å². The molecule has 2 rings (SSSR count). The zero-order valence-electron chi connectivity index (χ0n) is 12.9. The maximum Gasteiger partial charge on any atom is 0.0364 e. The molecule has 0 fully saturated rings. The monoisotopic (exact) mass is 268 g/mol. The quantitative estimate of drug-likeness (QED) is 0.917. The molecule has 2 aromatic rings. The average molecular weight is 268 g/mol. The van der Waals surface area contributed by atoms with Crippen molar-refractivity contribution in [2.45, 2.75) is 26.3 Å². The summed E-state index contributed by atoms with van der Waals surface area (Å²) in [6.07, 6.45) is 0.874. The molecular formula is C18H24N2. The Kier molecular flexibility index (Phi) is 4.46. The van der Waals surface area contributed by atoms with Crippen LogP contribution in [-0.4, -0.2) is 14.1 Å². The van der Waals surface area contributed by atoms with E-state index in [2.05, 4.69) is 75.3 Å². The van der Waals surface area contributed by atoms with Gasteiger partial charge in [-0.15, -0.1) is 0 Å². The highest BCUT2D eigenvalue weighted by molar-refractivity contribution is 5.48. The third-order valence-electron chi connectivity index (χ3n) is 3.55. The highest BCUT2D eigenvalue weighted by atomic mass is 15.1. The van der Waals surface area contributed by atoms with Gasteiger partial charge in [0.2, 0.25) is 0 Å². The Balaban J connectivity index is 2.19. The lowest BCUT2D eigenvalue weighted by molar-refractivity contribution is 0.721. The molecular weight excluding hydrogens is 244 g/mol. The molecule has 1 atom stereocenters. The molecule has 2 heteroatoms. The van der Waals surface area contributed by atoms with Crippen molar-refractivity contribution in [1.82, 2.24) is 0 Å². The van der Waals surface area contributed by atoms with Crippen LogP contribution < -0.4 is 10.6 Å². The van der Waals surface area contributed by atoms with E-state index in [1.54, 1.807) is 0 Å². The fourth-order valence-corrected chi connectivity index (χ4v) is 2.59. The smallest absolute Gasteiger partial charge is 0.0364 e. The Hall–Kier alpha value is -1.80. The maximum absolute atomic E-state index is 6.38. The maximum atomic E-state index is 6.38. The van der Waals surface area contributed by atoms with Gasteiger partial charge in [-0.05, 0) is 43.5 Å². The number of nitrogens with two attached hydrogens (primary N) is 1. The van der Waals surface area contributed by atoms with Crippen LogP contribution in [0.3, 0.4) is 0 Å². The number of anilines is 1. The summed E-state index contributed by atoms with van der Waals surface area (Å²) < 4.78 is 0. The molecule has 0 saturated heterocycles. The van der Waals surface area contributed by atoms with Crippen molar-refractivity contribution in [2.75, 3.05) is 19.0 Å². The minimum atomic E-state index is 0.0381. The summed E-state index contributed by atoms with van der Waals surface area (Å²) >= 11 is 0. The summed E-state index contributed by atoms with van der Waals surface area (Å²) in [4.78, 5) is 2.10. The van der Waals surface area contributed by atoms with Crippen LogP contribution in [0.25, 0.3) is 0 Å². The van der Waals surface area contributed by atoms with Crippen molar-refractivity contribution >= 4 is 5.69 Å². The normalized spacial score (nSPS) is 12.2. The van der Waals surface area contributed by atoms with Crippen molar-refractivity contribution in [3.05, 3.63) is 64.7 Å². The minimum Gasteiger partial charge on any atom is -0.378 e. The summed E-state index contributed by atoms with van der Waals surface area (Å²) in [6, 6.07) is 15.1. The Morgan fingerprint density at radius 1 is 1.00 bits per heavy atom. The molecule has 0 radical (unpaired) electrons. The predicted octanol–water partition coefficient (Wildman–Crippen LogP) is 3.61. The zero-order chi connectivity index (χ0) is 14.7. The van der Waals surface area contributed by atoms with E-state index in [1.165, 1.54) is 27.9 Å². The van der Waals surface area contributed by atoms with E-state index < -0.39 is 0 Å². The second kappa shape index (κ2) is 6.10. The molecule has 0 aliphatic rings. The van der Waals surface area contributed by atoms with Crippen LogP contribution in [-0.2, 0) is 6.42 Å². The molecule has 0 bridgehead atoms. The Labute approximate surface area is 122 Å². The molecule has 1 unspecified atom stereocenters. The van der Waals surface area contributed by atoms with Crippen LogP contribution in [0.4, 0.5) is 5.69 Å². The SMILES string of the molecule is Cc1cc(C)cc(CC(N)c2cccc(N(C)C)c2)c1. The van der Waals surface area contributed by atoms with Gasteiger partial charge in [-0.25, -0.2) is 0 Å². The van der Waals surface area contributed by atoms with Crippen LogP contribution in [0.1, 0.15) is 28.3 Å². The third-order valence-corrected chi connectivity index (χ3v) is 3.55. The number of benzene rings is 2. The van der Waals surface area contributed by atoms with Gasteiger partial charge < -0.3 is 10.6 Å². The molecule has 0 amide bonds. The zero-order valence-corrected chi connectivity index (χ0v) is 12.9. The van der Waals surface area contributed by atoms with Gasteiger partial charge in [0.05, 0.1) is 0 Å². The van der Waals surface area contributed by atoms with Gasteiger partial charge in [0.1, 0.15) is 0 Å². The highest BCUT2D eigenvalue weighted by Crippen LogP contribution is 2.21. The van der Waals surface area contributed by atoms with Gasteiger partial charge in [0, 0.05) is 25.8 Å². The van der Waals surface area contributed by atoms with Gasteiger partial charge in [-0.1, -0.05) is 41.5 Å². The summed E-state index contributed by atoms with van der Waals surface area (Å²) in [5, 5.41) is 0. The van der Waals surface area contributed by atoms with Gasteiger partial charge in [-0.2, -0.15) is 0 Å². The lowest BCUT2D eigenvalue weighted by atomic mass is 9.97. The Morgan fingerprint density at radius 2 is 1.65 bits per heavy atom. The molecule has 0 aliphatic carbocycles. The average Bonchev–Trinajstić information content (AvgIpc) is 2.37. The molecule has 20 heavy (non-hydrogen) atoms. The standard InChI is InChI=1S/C18H24N2/c1-13-8-14(2)10-15(9-13)11-18(19)16-6-5-7-17(12-16)20(3)4/h5-10,12,18H,11,19H2,1-4H3. The molecule has 0 saturated carbocycles. The van der Waals surface area contributed by atoms with E-state index in [9.17, 15) is 0 Å². The van der Waals surface area contributed by atoms with Gasteiger partial charge in [0.25, 0.3) is 0 Å². The number of hydrogen-bond donors (Lipinski definition) is 1. The fourth-order valence-electron chi connectivity index (χ4n) is 2.59. The molecule has 2 N–H and O–H groups in total. The molecule has 0 aliphatic heterocycles. The molecule has 2 nitrogen and oxygen atoms in total. The second-order valence-corrected chi connectivity index (χ2v) is 5.80. The van der Waals surface area contributed by atoms with Gasteiger partial charge in [0.15, 0.2) is 0 Å². The lowest BCUT2D eigenvalue weighted by Gasteiger charge is -2.17. The van der Waals surface area contributed by atoms with E-state index in [1.807, 2.05) is 0 Å². The van der Waals surface area contributed by atoms with E-state index in [0.717, 1.165) is 6.42 Å². The first-order valence-corrected chi connectivity index (χ1v) is 7.06. The van der Waals surface area contributed by atoms with Gasteiger partial charge in [-0.3, -0.25) is 0 Å². The number of hydrogen-bond acceptors (Lipinski definition) is 2. The molecule has 106 valence electrons. The summed E-state index contributed by atoms with van der Waals surface area (Å²) in [6.45, 7) is 4.27. The first-order valence-electron chi connectivity index (χ1n) is 7.06. The summed E-state index contributed by atoms with van der Waals surface area (Å²) in [5.74, 6) is 0. The first kappa shape index (κ1) is 14.6. The minimum absolute atomic E-state index is 0.0381. The van der Waals surface area contributed by atoms with E-state index in [0.29, 0.717) is 0 Å². The lowest BCUT2D eigenvalue weighted by Crippen LogP contribution is -2.15. The Bertz CT molecular complexity index is 567. The summed E-state index contributed by atoms with van der Waals surface area (Å²) in [7, 11) is 4.10. The van der Waals surface area contributed by atoms with Crippen LogP contribution in [0.15, 0.2) is 42.5 Å². The molecule has 0 spiro atoms. The first-order chi connectivity index (χ1) is 9.45. The van der Waals surface area contributed by atoms with Crippen LogP contribution in [0.2, 0.25) is 0 Å². The van der Waals surface area contributed by atoms with E-state index in [-0.39, 0.29) is 6.04 Å². The molecule has 0 heterocycles. The third kappa shape index (κ3) is 3.61. The number of aryl methyl sites for hydroxylation is 2. The Morgan fingerprint density at radius 3 is 2.25 bits per heavy atom. The number of nitrogens with zero attached hydrogens (tertiary/aromatic N) is 1. The molecule has 2 aromatic carbocycles. The van der Waals surface area contributed by atoms with Crippen molar-refractivity contribution in [1.29, 1.82) is 0 Å². The highest BCUT2D eigenvalue weighted by Gasteiger charge is 2.09. The molecule has 0 aromatic heterocycles. The van der Waals surface area contributed by atoms with E-state index in [4.69, 9.17) is 5.73 Å². The number of rotatable bonds is 4. The largest absolute Gasteiger partial charge is 0.378 e. The van der Waals surface area contributed by atoms with Crippen molar-refractivity contribution in [3.63, 3.8) is 0 Å². The summed E-state index contributed by atoms with van der Waals surface area (Å²) in [5.41, 5.74) is 12.7. The second-order valence-electron chi connectivity index (χ2n) is 5.80. The van der Waals surface area contributed by atoms with Crippen molar-refractivity contribution in [2.24, 2.45) is 5.73 Å². The van der Waals surface area contributed by atoms with Crippen LogP contribution in [0.5, 0.6) is 0 Å². The fraction of sp³-hybridized carbons (Fsp3) is 0.333.